The van der Waals surface area contributed by atoms with Gasteiger partial charge in [-0.2, -0.15) is 5.26 Å². The first-order valence-electron chi connectivity index (χ1n) is 4.91. The van der Waals surface area contributed by atoms with Crippen LogP contribution in [-0.2, 0) is 6.54 Å². The van der Waals surface area contributed by atoms with Crippen molar-refractivity contribution in [1.82, 2.24) is 4.57 Å². The molecule has 1 N–H and O–H groups in total. The number of carbonyl (C=O) groups is 1. The van der Waals surface area contributed by atoms with Crippen molar-refractivity contribution in [3.05, 3.63) is 36.0 Å². The fourth-order valence-electron chi connectivity index (χ4n) is 1.70. The smallest absolute Gasteiger partial charge is 0.335 e. The first-order chi connectivity index (χ1) is 7.72. The minimum Gasteiger partial charge on any atom is -0.478 e. The van der Waals surface area contributed by atoms with Crippen LogP contribution in [0.5, 0.6) is 0 Å². The maximum absolute atomic E-state index is 10.8. The number of nitriles is 1. The molecule has 0 aliphatic carbocycles. The van der Waals surface area contributed by atoms with E-state index in [0.717, 1.165) is 10.9 Å². The summed E-state index contributed by atoms with van der Waals surface area (Å²) in [5.74, 6) is -0.924. The lowest BCUT2D eigenvalue weighted by Gasteiger charge is -2.02. The van der Waals surface area contributed by atoms with E-state index < -0.39 is 5.97 Å². The summed E-state index contributed by atoms with van der Waals surface area (Å²) in [6, 6.07) is 8.94. The molecule has 0 radical (unpaired) electrons. The molecule has 0 aliphatic rings. The maximum atomic E-state index is 10.8. The lowest BCUT2D eigenvalue weighted by atomic mass is 10.1. The molecule has 0 unspecified atom stereocenters. The first kappa shape index (κ1) is 10.2. The van der Waals surface area contributed by atoms with Crippen molar-refractivity contribution in [1.29, 1.82) is 5.26 Å². The highest BCUT2D eigenvalue weighted by Gasteiger charge is 2.06. The van der Waals surface area contributed by atoms with E-state index in [1.165, 1.54) is 0 Å². The van der Waals surface area contributed by atoms with Gasteiger partial charge in [-0.05, 0) is 24.3 Å². The van der Waals surface area contributed by atoms with Crippen molar-refractivity contribution in [3.63, 3.8) is 0 Å². The van der Waals surface area contributed by atoms with Gasteiger partial charge in [0.25, 0.3) is 0 Å². The second kappa shape index (κ2) is 4.07. The summed E-state index contributed by atoms with van der Waals surface area (Å²) in [6.45, 7) is 0.631. The molecule has 0 saturated heterocycles. The average molecular weight is 214 g/mol. The van der Waals surface area contributed by atoms with Crippen LogP contribution in [0.4, 0.5) is 0 Å². The second-order valence-corrected chi connectivity index (χ2v) is 3.50. The van der Waals surface area contributed by atoms with E-state index >= 15 is 0 Å². The monoisotopic (exact) mass is 214 g/mol. The average Bonchev–Trinajstić information content (AvgIpc) is 2.68. The number of benzene rings is 1. The highest BCUT2D eigenvalue weighted by Crippen LogP contribution is 2.18. The molecule has 4 nitrogen and oxygen atoms in total. The Morgan fingerprint density at radius 2 is 2.25 bits per heavy atom. The molecule has 0 bridgehead atoms. The number of hydrogen-bond donors (Lipinski definition) is 1. The van der Waals surface area contributed by atoms with Crippen LogP contribution in [0.2, 0.25) is 0 Å². The molecule has 1 aromatic carbocycles. The Balaban J connectivity index is 2.43. The molecule has 0 spiro atoms. The molecule has 2 aromatic rings. The van der Waals surface area contributed by atoms with Crippen LogP contribution in [0.15, 0.2) is 30.5 Å². The summed E-state index contributed by atoms with van der Waals surface area (Å²) < 4.78 is 1.95. The van der Waals surface area contributed by atoms with Crippen molar-refractivity contribution >= 4 is 16.9 Å². The topological polar surface area (TPSA) is 66.0 Å². The SMILES string of the molecule is N#CCCn1ccc2cc(C(=O)O)ccc21. The van der Waals surface area contributed by atoms with Gasteiger partial charge < -0.3 is 9.67 Å². The van der Waals surface area contributed by atoms with Crippen molar-refractivity contribution in [3.8, 4) is 6.07 Å². The Bertz CT molecular complexity index is 578. The lowest BCUT2D eigenvalue weighted by Crippen LogP contribution is -1.97. The molecule has 0 atom stereocenters. The Morgan fingerprint density at radius 1 is 1.44 bits per heavy atom. The van der Waals surface area contributed by atoms with E-state index in [1.54, 1.807) is 18.2 Å². The number of aromatic carboxylic acids is 1. The third-order valence-electron chi connectivity index (χ3n) is 2.48. The van der Waals surface area contributed by atoms with Gasteiger partial charge in [-0.3, -0.25) is 0 Å². The lowest BCUT2D eigenvalue weighted by molar-refractivity contribution is 0.0697. The number of nitrogens with zero attached hydrogens (tertiary/aromatic N) is 2. The summed E-state index contributed by atoms with van der Waals surface area (Å²) in [4.78, 5) is 10.8. The molecule has 16 heavy (non-hydrogen) atoms. The zero-order valence-corrected chi connectivity index (χ0v) is 8.55. The van der Waals surface area contributed by atoms with Gasteiger partial charge >= 0.3 is 5.97 Å². The predicted octanol–water partition coefficient (Wildman–Crippen LogP) is 2.25. The van der Waals surface area contributed by atoms with Gasteiger partial charge in [0.1, 0.15) is 0 Å². The summed E-state index contributed by atoms with van der Waals surface area (Å²) >= 11 is 0. The summed E-state index contributed by atoms with van der Waals surface area (Å²) in [6.07, 6.45) is 2.32. The second-order valence-electron chi connectivity index (χ2n) is 3.50. The number of hydrogen-bond acceptors (Lipinski definition) is 2. The molecule has 0 saturated carbocycles. The molecular formula is C12H10N2O2. The third-order valence-corrected chi connectivity index (χ3v) is 2.48. The third kappa shape index (κ3) is 1.75. The molecule has 0 amide bonds. The van der Waals surface area contributed by atoms with Gasteiger partial charge in [-0.25, -0.2) is 4.79 Å². The minimum absolute atomic E-state index is 0.283. The van der Waals surface area contributed by atoms with E-state index in [2.05, 4.69) is 6.07 Å². The zero-order chi connectivity index (χ0) is 11.5. The summed E-state index contributed by atoms with van der Waals surface area (Å²) in [7, 11) is 0. The Hall–Kier alpha value is -2.28. The van der Waals surface area contributed by atoms with E-state index in [-0.39, 0.29) is 5.56 Å². The van der Waals surface area contributed by atoms with Crippen LogP contribution in [0.1, 0.15) is 16.8 Å². The molecule has 80 valence electrons. The van der Waals surface area contributed by atoms with Crippen LogP contribution in [-0.4, -0.2) is 15.6 Å². The minimum atomic E-state index is -0.924. The van der Waals surface area contributed by atoms with E-state index in [4.69, 9.17) is 10.4 Å². The maximum Gasteiger partial charge on any atom is 0.335 e. The van der Waals surface area contributed by atoms with E-state index in [9.17, 15) is 4.79 Å². The number of aromatic nitrogens is 1. The Kier molecular flexibility index (Phi) is 2.61. The van der Waals surface area contributed by atoms with Crippen molar-refractivity contribution in [2.45, 2.75) is 13.0 Å². The number of carboxylic acids is 1. The van der Waals surface area contributed by atoms with Crippen LogP contribution in [0.25, 0.3) is 10.9 Å². The molecule has 0 aliphatic heterocycles. The summed E-state index contributed by atoms with van der Waals surface area (Å²) in [5.41, 5.74) is 1.24. The standard InChI is InChI=1S/C12H10N2O2/c13-5-1-6-14-7-4-9-8-10(12(15)16)2-3-11(9)14/h2-4,7-8H,1,6H2,(H,15,16). The number of rotatable bonds is 3. The quantitative estimate of drug-likeness (QED) is 0.852. The number of carboxylic acid groups (broad SMARTS) is 1. The van der Waals surface area contributed by atoms with Gasteiger partial charge in [0, 0.05) is 23.6 Å². The van der Waals surface area contributed by atoms with Crippen LogP contribution in [0.3, 0.4) is 0 Å². The Labute approximate surface area is 92.3 Å². The van der Waals surface area contributed by atoms with Crippen LogP contribution in [0, 0.1) is 11.3 Å². The van der Waals surface area contributed by atoms with Gasteiger partial charge in [-0.1, -0.05) is 0 Å². The van der Waals surface area contributed by atoms with Gasteiger partial charge in [0.15, 0.2) is 0 Å². The predicted molar refractivity (Wildman–Crippen MR) is 59.1 cm³/mol. The van der Waals surface area contributed by atoms with Crippen molar-refractivity contribution < 1.29 is 9.90 Å². The Morgan fingerprint density at radius 3 is 2.94 bits per heavy atom. The molecular weight excluding hydrogens is 204 g/mol. The molecule has 0 fully saturated rings. The molecule has 1 aromatic heterocycles. The van der Waals surface area contributed by atoms with Crippen molar-refractivity contribution in [2.75, 3.05) is 0 Å². The van der Waals surface area contributed by atoms with Gasteiger partial charge in [-0.15, -0.1) is 0 Å². The van der Waals surface area contributed by atoms with E-state index in [0.29, 0.717) is 13.0 Å². The highest BCUT2D eigenvalue weighted by atomic mass is 16.4. The summed E-state index contributed by atoms with van der Waals surface area (Å²) in [5, 5.41) is 18.2. The van der Waals surface area contributed by atoms with Crippen molar-refractivity contribution in [2.24, 2.45) is 0 Å². The largest absolute Gasteiger partial charge is 0.478 e. The van der Waals surface area contributed by atoms with Crippen LogP contribution < -0.4 is 0 Å². The normalized spacial score (nSPS) is 10.2. The first-order valence-corrected chi connectivity index (χ1v) is 4.91. The van der Waals surface area contributed by atoms with Gasteiger partial charge in [0.2, 0.25) is 0 Å². The van der Waals surface area contributed by atoms with Gasteiger partial charge in [0.05, 0.1) is 18.1 Å². The molecule has 4 heteroatoms. The van der Waals surface area contributed by atoms with Crippen LogP contribution >= 0.6 is 0 Å². The fourth-order valence-corrected chi connectivity index (χ4v) is 1.70. The number of fused-ring (bicyclic) bond motifs is 1. The fraction of sp³-hybridized carbons (Fsp3) is 0.167. The molecule has 1 heterocycles. The zero-order valence-electron chi connectivity index (χ0n) is 8.55. The van der Waals surface area contributed by atoms with E-state index in [1.807, 2.05) is 16.8 Å². The number of aryl methyl sites for hydroxylation is 1. The molecule has 2 rings (SSSR count). The highest BCUT2D eigenvalue weighted by molar-refractivity contribution is 5.93.